The van der Waals surface area contributed by atoms with Gasteiger partial charge in [0, 0.05) is 12.1 Å². The average molecular weight is 249 g/mol. The van der Waals surface area contributed by atoms with E-state index in [0.29, 0.717) is 0 Å². The minimum absolute atomic E-state index is 0.0928. The van der Waals surface area contributed by atoms with Gasteiger partial charge in [-0.3, -0.25) is 9.79 Å². The van der Waals surface area contributed by atoms with Crippen molar-refractivity contribution in [2.45, 2.75) is 6.42 Å². The highest BCUT2D eigenvalue weighted by atomic mass is 16.1. The quantitative estimate of drug-likeness (QED) is 0.767. The average Bonchev–Trinajstić information content (AvgIpc) is 2.98. The van der Waals surface area contributed by atoms with Crippen molar-refractivity contribution in [2.75, 3.05) is 6.54 Å². The molecule has 3 rings (SSSR count). The molecule has 1 aliphatic heterocycles. The number of ketones is 1. The van der Waals surface area contributed by atoms with E-state index in [1.807, 2.05) is 60.7 Å². The predicted molar refractivity (Wildman–Crippen MR) is 76.7 cm³/mol. The summed E-state index contributed by atoms with van der Waals surface area (Å²) in [6.07, 6.45) is 0.817. The third kappa shape index (κ3) is 2.34. The zero-order valence-corrected chi connectivity index (χ0v) is 10.6. The summed E-state index contributed by atoms with van der Waals surface area (Å²) in [5.41, 5.74) is 2.78. The minimum atomic E-state index is -0.0928. The minimum Gasteiger partial charge on any atom is -0.293 e. The molecule has 2 aromatic carbocycles. The van der Waals surface area contributed by atoms with Crippen molar-refractivity contribution < 1.29 is 4.79 Å². The molecule has 1 aliphatic rings. The highest BCUT2D eigenvalue weighted by molar-refractivity contribution is 6.19. The molecule has 0 fully saturated rings. The number of aliphatic imine (C=N–C) groups is 1. The molecule has 0 saturated carbocycles. The second kappa shape index (κ2) is 5.19. The molecule has 0 spiro atoms. The van der Waals surface area contributed by atoms with E-state index in [-0.39, 0.29) is 11.7 Å². The van der Waals surface area contributed by atoms with Crippen LogP contribution in [0.5, 0.6) is 0 Å². The molecule has 0 bridgehead atoms. The summed E-state index contributed by atoms with van der Waals surface area (Å²) >= 11 is 0. The van der Waals surface area contributed by atoms with Crippen molar-refractivity contribution in [3.05, 3.63) is 71.8 Å². The fourth-order valence-electron chi connectivity index (χ4n) is 2.52. The number of carbonyl (C=O) groups excluding carboxylic acids is 1. The van der Waals surface area contributed by atoms with Crippen molar-refractivity contribution in [1.82, 2.24) is 0 Å². The Morgan fingerprint density at radius 1 is 0.947 bits per heavy atom. The number of Topliss-reactive ketones (excluding diaryl/α,β-unsaturated/α-hetero) is 1. The third-order valence-corrected chi connectivity index (χ3v) is 3.47. The summed E-state index contributed by atoms with van der Waals surface area (Å²) in [4.78, 5) is 17.1. The molecule has 1 unspecified atom stereocenters. The van der Waals surface area contributed by atoms with Crippen molar-refractivity contribution in [2.24, 2.45) is 10.9 Å². The first-order chi connectivity index (χ1) is 9.36. The van der Waals surface area contributed by atoms with Crippen LogP contribution < -0.4 is 0 Å². The molecule has 0 aromatic heterocycles. The SMILES string of the molecule is O=C(c1ccccc1)C1CCN=C1c1ccccc1. The summed E-state index contributed by atoms with van der Waals surface area (Å²) in [6, 6.07) is 19.5. The van der Waals surface area contributed by atoms with Gasteiger partial charge in [-0.15, -0.1) is 0 Å². The molecule has 2 aromatic rings. The van der Waals surface area contributed by atoms with Crippen LogP contribution in [0.2, 0.25) is 0 Å². The number of hydrogen-bond acceptors (Lipinski definition) is 2. The van der Waals surface area contributed by atoms with Crippen LogP contribution in [-0.2, 0) is 0 Å². The predicted octanol–water partition coefficient (Wildman–Crippen LogP) is 3.38. The summed E-state index contributed by atoms with van der Waals surface area (Å²) in [5.74, 6) is 0.0884. The van der Waals surface area contributed by atoms with Crippen molar-refractivity contribution >= 4 is 11.5 Å². The Morgan fingerprint density at radius 3 is 2.26 bits per heavy atom. The van der Waals surface area contributed by atoms with E-state index < -0.39 is 0 Å². The zero-order chi connectivity index (χ0) is 13.1. The Balaban J connectivity index is 1.90. The van der Waals surface area contributed by atoms with Crippen molar-refractivity contribution in [3.8, 4) is 0 Å². The molecule has 0 amide bonds. The second-order valence-corrected chi connectivity index (χ2v) is 4.70. The van der Waals surface area contributed by atoms with Gasteiger partial charge in [-0.25, -0.2) is 0 Å². The Morgan fingerprint density at radius 2 is 1.58 bits per heavy atom. The van der Waals surface area contributed by atoms with Crippen LogP contribution in [0.25, 0.3) is 0 Å². The van der Waals surface area contributed by atoms with E-state index in [9.17, 15) is 4.79 Å². The molecule has 2 heteroatoms. The van der Waals surface area contributed by atoms with E-state index >= 15 is 0 Å². The molecule has 19 heavy (non-hydrogen) atoms. The molecule has 0 radical (unpaired) electrons. The molecular formula is C17H15NO. The van der Waals surface area contributed by atoms with Crippen LogP contribution in [-0.4, -0.2) is 18.0 Å². The lowest BCUT2D eigenvalue weighted by Gasteiger charge is -2.12. The maximum atomic E-state index is 12.5. The van der Waals surface area contributed by atoms with Gasteiger partial charge in [0.1, 0.15) is 0 Å². The summed E-state index contributed by atoms with van der Waals surface area (Å²) < 4.78 is 0. The van der Waals surface area contributed by atoms with E-state index in [1.54, 1.807) is 0 Å². The molecular weight excluding hydrogens is 234 g/mol. The number of benzene rings is 2. The van der Waals surface area contributed by atoms with Crippen molar-refractivity contribution in [3.63, 3.8) is 0 Å². The number of rotatable bonds is 3. The highest BCUT2D eigenvalue weighted by Gasteiger charge is 2.29. The normalized spacial score (nSPS) is 18.1. The molecule has 0 aliphatic carbocycles. The molecule has 1 heterocycles. The van der Waals surface area contributed by atoms with Gasteiger partial charge in [-0.1, -0.05) is 60.7 Å². The number of carbonyl (C=O) groups is 1. The fourth-order valence-corrected chi connectivity index (χ4v) is 2.52. The second-order valence-electron chi connectivity index (χ2n) is 4.70. The van der Waals surface area contributed by atoms with Crippen LogP contribution in [0.15, 0.2) is 65.7 Å². The van der Waals surface area contributed by atoms with Crippen molar-refractivity contribution in [1.29, 1.82) is 0 Å². The monoisotopic (exact) mass is 249 g/mol. The van der Waals surface area contributed by atoms with Gasteiger partial charge in [0.05, 0.1) is 11.6 Å². The maximum absolute atomic E-state index is 12.5. The number of hydrogen-bond donors (Lipinski definition) is 0. The lowest BCUT2D eigenvalue weighted by atomic mass is 9.89. The standard InChI is InChI=1S/C17H15NO/c19-17(14-9-5-2-6-10-14)15-11-12-18-16(15)13-7-3-1-4-8-13/h1-10,15H,11-12H2. The van der Waals surface area contributed by atoms with Crippen LogP contribution in [0.3, 0.4) is 0 Å². The Hall–Kier alpha value is -2.22. The first-order valence-corrected chi connectivity index (χ1v) is 6.55. The van der Waals surface area contributed by atoms with Gasteiger partial charge in [0.25, 0.3) is 0 Å². The van der Waals surface area contributed by atoms with Gasteiger partial charge in [-0.05, 0) is 12.0 Å². The van der Waals surface area contributed by atoms with Gasteiger partial charge in [-0.2, -0.15) is 0 Å². The Kier molecular flexibility index (Phi) is 3.23. The fraction of sp³-hybridized carbons (Fsp3) is 0.176. The lowest BCUT2D eigenvalue weighted by Crippen LogP contribution is -2.21. The molecule has 0 N–H and O–H groups in total. The highest BCUT2D eigenvalue weighted by Crippen LogP contribution is 2.23. The Labute approximate surface area is 112 Å². The van der Waals surface area contributed by atoms with E-state index in [0.717, 1.165) is 29.8 Å². The number of nitrogens with zero attached hydrogens (tertiary/aromatic N) is 1. The molecule has 1 atom stereocenters. The molecule has 0 saturated heterocycles. The van der Waals surface area contributed by atoms with Gasteiger partial charge in [0.2, 0.25) is 0 Å². The van der Waals surface area contributed by atoms with Gasteiger partial charge >= 0.3 is 0 Å². The molecule has 2 nitrogen and oxygen atoms in total. The first kappa shape index (κ1) is 11.8. The maximum Gasteiger partial charge on any atom is 0.171 e. The third-order valence-electron chi connectivity index (χ3n) is 3.47. The summed E-state index contributed by atoms with van der Waals surface area (Å²) in [6.45, 7) is 0.744. The smallest absolute Gasteiger partial charge is 0.171 e. The Bertz CT molecular complexity index is 602. The summed E-state index contributed by atoms with van der Waals surface area (Å²) in [5, 5.41) is 0. The topological polar surface area (TPSA) is 29.4 Å². The van der Waals surface area contributed by atoms with Crippen LogP contribution in [0, 0.1) is 5.92 Å². The lowest BCUT2D eigenvalue weighted by molar-refractivity contribution is 0.0955. The van der Waals surface area contributed by atoms with Gasteiger partial charge < -0.3 is 0 Å². The van der Waals surface area contributed by atoms with Gasteiger partial charge in [0.15, 0.2) is 5.78 Å². The van der Waals surface area contributed by atoms with E-state index in [2.05, 4.69) is 4.99 Å². The first-order valence-electron chi connectivity index (χ1n) is 6.55. The van der Waals surface area contributed by atoms with E-state index in [1.165, 1.54) is 0 Å². The van der Waals surface area contributed by atoms with Crippen LogP contribution in [0.1, 0.15) is 22.3 Å². The molecule has 94 valence electrons. The zero-order valence-electron chi connectivity index (χ0n) is 10.6. The largest absolute Gasteiger partial charge is 0.293 e. The summed E-state index contributed by atoms with van der Waals surface area (Å²) in [7, 11) is 0. The van der Waals surface area contributed by atoms with E-state index in [4.69, 9.17) is 0 Å². The van der Waals surface area contributed by atoms with Crippen LogP contribution in [0.4, 0.5) is 0 Å². The van der Waals surface area contributed by atoms with Crippen LogP contribution >= 0.6 is 0 Å².